The van der Waals surface area contributed by atoms with Crippen molar-refractivity contribution in [2.45, 2.75) is 38.2 Å². The summed E-state index contributed by atoms with van der Waals surface area (Å²) in [5, 5.41) is 2.80. The lowest BCUT2D eigenvalue weighted by Crippen LogP contribution is -2.40. The van der Waals surface area contributed by atoms with Gasteiger partial charge in [0.2, 0.25) is 0 Å². The highest BCUT2D eigenvalue weighted by Gasteiger charge is 2.32. The van der Waals surface area contributed by atoms with E-state index in [1.54, 1.807) is 0 Å². The molecule has 21 heavy (non-hydrogen) atoms. The number of nitrogens with one attached hydrogen (secondary N) is 1. The Balaban J connectivity index is 2.05. The van der Waals surface area contributed by atoms with Gasteiger partial charge in [-0.05, 0) is 59.7 Å². The number of carbonyl (C=O) groups excluding carboxylic acids is 2. The van der Waals surface area contributed by atoms with E-state index in [1.807, 2.05) is 24.3 Å². The zero-order chi connectivity index (χ0) is 15.2. The number of primary amides is 1. The minimum atomic E-state index is -0.900. The maximum Gasteiger partial charge on any atom is 0.405 e. The second-order valence-electron chi connectivity index (χ2n) is 5.25. The molecule has 0 spiro atoms. The molecule has 0 bridgehead atoms. The van der Waals surface area contributed by atoms with Crippen LogP contribution in [-0.2, 0) is 9.53 Å². The summed E-state index contributed by atoms with van der Waals surface area (Å²) >= 11 is 2.20. The zero-order valence-electron chi connectivity index (χ0n) is 11.7. The summed E-state index contributed by atoms with van der Waals surface area (Å²) in [6.07, 6.45) is 3.35. The third-order valence-electron chi connectivity index (χ3n) is 3.69. The van der Waals surface area contributed by atoms with Crippen LogP contribution in [-0.4, -0.2) is 18.1 Å². The van der Waals surface area contributed by atoms with Gasteiger partial charge < -0.3 is 15.8 Å². The molecule has 0 heterocycles. The van der Waals surface area contributed by atoms with Crippen LogP contribution in [0.1, 0.15) is 32.1 Å². The van der Waals surface area contributed by atoms with Crippen LogP contribution >= 0.6 is 22.6 Å². The molecule has 0 aromatic heterocycles. The molecule has 1 saturated carbocycles. The summed E-state index contributed by atoms with van der Waals surface area (Å²) in [5.41, 5.74) is 5.80. The van der Waals surface area contributed by atoms with Gasteiger partial charge in [0.25, 0.3) is 5.91 Å². The van der Waals surface area contributed by atoms with Crippen molar-refractivity contribution in [3.8, 4) is 0 Å². The zero-order valence-corrected chi connectivity index (χ0v) is 13.8. The Kier molecular flexibility index (Phi) is 5.84. The van der Waals surface area contributed by atoms with E-state index in [0.717, 1.165) is 29.3 Å². The Labute approximate surface area is 137 Å². The largest absolute Gasteiger partial charge is 0.436 e. The number of nitrogens with two attached hydrogens (primary N) is 1. The summed E-state index contributed by atoms with van der Waals surface area (Å²) in [5.74, 6) is -0.253. The number of rotatable bonds is 4. The van der Waals surface area contributed by atoms with Crippen molar-refractivity contribution in [2.24, 2.45) is 11.7 Å². The van der Waals surface area contributed by atoms with Crippen LogP contribution in [0.4, 0.5) is 10.5 Å². The maximum absolute atomic E-state index is 12.4. The lowest BCUT2D eigenvalue weighted by Gasteiger charge is -2.28. The van der Waals surface area contributed by atoms with Crippen LogP contribution in [0.2, 0.25) is 0 Å². The molecule has 5 nitrogen and oxygen atoms in total. The number of benzene rings is 1. The number of ether oxygens (including phenoxy) is 1. The molecule has 1 fully saturated rings. The van der Waals surface area contributed by atoms with E-state index in [-0.39, 0.29) is 11.8 Å². The van der Waals surface area contributed by atoms with Crippen LogP contribution in [0.15, 0.2) is 24.3 Å². The number of hydrogen-bond acceptors (Lipinski definition) is 3. The first-order valence-corrected chi connectivity index (χ1v) is 8.16. The van der Waals surface area contributed by atoms with Gasteiger partial charge in [0, 0.05) is 15.2 Å². The maximum atomic E-state index is 12.4. The Bertz CT molecular complexity index is 498. The van der Waals surface area contributed by atoms with Crippen molar-refractivity contribution in [3.63, 3.8) is 0 Å². The third kappa shape index (κ3) is 4.87. The number of hydrogen-bond donors (Lipinski definition) is 2. The summed E-state index contributed by atoms with van der Waals surface area (Å²) in [7, 11) is 0. The summed E-state index contributed by atoms with van der Waals surface area (Å²) in [6.45, 7) is 0. The van der Waals surface area contributed by atoms with Crippen LogP contribution in [0.3, 0.4) is 0 Å². The molecule has 1 aromatic carbocycles. The van der Waals surface area contributed by atoms with E-state index in [4.69, 9.17) is 10.5 Å². The Morgan fingerprint density at radius 2 is 1.81 bits per heavy atom. The molecule has 0 unspecified atom stereocenters. The van der Waals surface area contributed by atoms with E-state index in [9.17, 15) is 9.59 Å². The van der Waals surface area contributed by atoms with Crippen LogP contribution in [0.5, 0.6) is 0 Å². The van der Waals surface area contributed by atoms with E-state index in [0.29, 0.717) is 5.69 Å². The van der Waals surface area contributed by atoms with Crippen LogP contribution in [0, 0.1) is 9.49 Å². The molecule has 3 N–H and O–H groups in total. The fourth-order valence-corrected chi connectivity index (χ4v) is 3.03. The highest BCUT2D eigenvalue weighted by Crippen LogP contribution is 2.28. The molecule has 0 radical (unpaired) electrons. The molecule has 0 saturated heterocycles. The molecule has 6 heteroatoms. The lowest BCUT2D eigenvalue weighted by molar-refractivity contribution is -0.127. The van der Waals surface area contributed by atoms with E-state index in [1.165, 1.54) is 6.42 Å². The van der Waals surface area contributed by atoms with Gasteiger partial charge in [-0.2, -0.15) is 0 Å². The average molecular weight is 402 g/mol. The Morgan fingerprint density at radius 1 is 1.19 bits per heavy atom. The number of anilines is 1. The van der Waals surface area contributed by atoms with Gasteiger partial charge >= 0.3 is 6.09 Å². The highest BCUT2D eigenvalue weighted by atomic mass is 127. The fraction of sp³-hybridized carbons (Fsp3) is 0.467. The quantitative estimate of drug-likeness (QED) is 0.759. The van der Waals surface area contributed by atoms with Crippen molar-refractivity contribution in [1.29, 1.82) is 0 Å². The van der Waals surface area contributed by atoms with Crippen molar-refractivity contribution in [2.75, 3.05) is 5.32 Å². The summed E-state index contributed by atoms with van der Waals surface area (Å²) in [6, 6.07) is 7.45. The summed E-state index contributed by atoms with van der Waals surface area (Å²) < 4.78 is 6.16. The van der Waals surface area contributed by atoms with Crippen LogP contribution in [0.25, 0.3) is 0 Å². The second kappa shape index (κ2) is 7.63. The lowest BCUT2D eigenvalue weighted by atomic mass is 9.85. The molecule has 1 atom stereocenters. The standard InChI is InChI=1S/C15H19IN2O3/c16-11-6-8-12(9-7-11)18-14(19)13(21-15(17)20)10-4-2-1-3-5-10/h6-10,13H,1-5H2,(H2,17,20)(H,18,19)/t13-/m0/s1. The first-order chi connectivity index (χ1) is 10.1. The van der Waals surface area contributed by atoms with Gasteiger partial charge in [0.1, 0.15) is 0 Å². The van der Waals surface area contributed by atoms with Gasteiger partial charge in [0.15, 0.2) is 6.10 Å². The predicted octanol–water partition coefficient (Wildman–Crippen LogP) is 3.27. The van der Waals surface area contributed by atoms with Gasteiger partial charge in [-0.3, -0.25) is 4.79 Å². The minimum Gasteiger partial charge on any atom is -0.436 e. The Morgan fingerprint density at radius 3 is 2.38 bits per heavy atom. The monoisotopic (exact) mass is 402 g/mol. The third-order valence-corrected chi connectivity index (χ3v) is 4.41. The highest BCUT2D eigenvalue weighted by molar-refractivity contribution is 14.1. The van der Waals surface area contributed by atoms with Crippen molar-refractivity contribution < 1.29 is 14.3 Å². The van der Waals surface area contributed by atoms with Gasteiger partial charge in [-0.1, -0.05) is 19.3 Å². The number of amides is 2. The smallest absolute Gasteiger partial charge is 0.405 e. The SMILES string of the molecule is NC(=O)O[C@H](C(=O)Nc1ccc(I)cc1)C1CCCCC1. The molecular formula is C15H19IN2O3. The first-order valence-electron chi connectivity index (χ1n) is 7.09. The molecule has 1 aromatic rings. The van der Waals surface area contributed by atoms with Gasteiger partial charge in [-0.15, -0.1) is 0 Å². The molecule has 1 aliphatic rings. The fourth-order valence-electron chi connectivity index (χ4n) is 2.67. The molecule has 1 aliphatic carbocycles. The van der Waals surface area contributed by atoms with E-state index < -0.39 is 12.2 Å². The van der Waals surface area contributed by atoms with Crippen molar-refractivity contribution >= 4 is 40.3 Å². The first kappa shape index (κ1) is 16.1. The van der Waals surface area contributed by atoms with E-state index in [2.05, 4.69) is 27.9 Å². The molecule has 0 aliphatic heterocycles. The molecule has 2 rings (SSSR count). The molecule has 114 valence electrons. The molecular weight excluding hydrogens is 383 g/mol. The van der Waals surface area contributed by atoms with E-state index >= 15 is 0 Å². The van der Waals surface area contributed by atoms with Crippen molar-refractivity contribution in [1.82, 2.24) is 0 Å². The molecule has 2 amide bonds. The van der Waals surface area contributed by atoms with Gasteiger partial charge in [-0.25, -0.2) is 4.79 Å². The Hall–Kier alpha value is -1.31. The predicted molar refractivity (Wildman–Crippen MR) is 88.8 cm³/mol. The van der Waals surface area contributed by atoms with Crippen LogP contribution < -0.4 is 11.1 Å². The topological polar surface area (TPSA) is 81.4 Å². The second-order valence-corrected chi connectivity index (χ2v) is 6.50. The average Bonchev–Trinajstić information content (AvgIpc) is 2.48. The normalized spacial score (nSPS) is 17.0. The van der Waals surface area contributed by atoms with Crippen molar-refractivity contribution in [3.05, 3.63) is 27.8 Å². The van der Waals surface area contributed by atoms with Gasteiger partial charge in [0.05, 0.1) is 0 Å². The minimum absolute atomic E-state index is 0.0510. The number of halogens is 1. The number of carbonyl (C=O) groups is 2. The summed E-state index contributed by atoms with van der Waals surface area (Å²) in [4.78, 5) is 23.5.